The number of esters is 3. The van der Waals surface area contributed by atoms with E-state index in [9.17, 15) is 14.4 Å². The fourth-order valence-corrected chi connectivity index (χ4v) is 5.32. The Labute approximate surface area is 266 Å². The highest BCUT2D eigenvalue weighted by atomic mass is 16.7. The number of imidazole rings is 1. The second-order valence-electron chi connectivity index (χ2n) is 10.6. The molecule has 0 bridgehead atoms. The first-order chi connectivity index (χ1) is 22.8. The number of hydrogen-bond acceptors (Lipinski definition) is 12. The molecule has 4 atom stereocenters. The van der Waals surface area contributed by atoms with Gasteiger partial charge in [0.05, 0.1) is 23.0 Å². The minimum absolute atomic E-state index is 0.0902. The van der Waals surface area contributed by atoms with Gasteiger partial charge in [-0.25, -0.2) is 19.4 Å². The standard InChI is InChI=1S/C32H26N8O7/c1-32(47-30(43)21-15-9-4-10-16-21)25(46-29(42)20-13-7-3-8-14-20)22(17-44-28(41)19-11-5-2-6-12-19)45-31(32)40-18-35-23-24(40)26(33)36-37-27(23)38-39-34/h2-16,18,22,25,31H,17H2,1H3,(H2,33,36)/t22-,25-,31-,32-/m1/s1. The van der Waals surface area contributed by atoms with Crippen molar-refractivity contribution in [1.29, 1.82) is 0 Å². The van der Waals surface area contributed by atoms with Gasteiger partial charge >= 0.3 is 17.9 Å². The fourth-order valence-electron chi connectivity index (χ4n) is 5.32. The molecule has 0 aliphatic carbocycles. The third-order valence-corrected chi connectivity index (χ3v) is 7.54. The number of azide groups is 1. The van der Waals surface area contributed by atoms with Gasteiger partial charge < -0.3 is 24.7 Å². The van der Waals surface area contributed by atoms with Gasteiger partial charge in [-0.1, -0.05) is 54.6 Å². The highest BCUT2D eigenvalue weighted by molar-refractivity contribution is 5.92. The molecule has 2 aromatic heterocycles. The molecule has 1 fully saturated rings. The first-order valence-corrected chi connectivity index (χ1v) is 14.3. The Morgan fingerprint density at radius 3 is 2.09 bits per heavy atom. The minimum atomic E-state index is -1.80. The van der Waals surface area contributed by atoms with Gasteiger partial charge in [0.2, 0.25) is 0 Å². The van der Waals surface area contributed by atoms with E-state index < -0.39 is 48.6 Å². The first kappa shape index (κ1) is 30.7. The maximum Gasteiger partial charge on any atom is 0.338 e. The summed E-state index contributed by atoms with van der Waals surface area (Å²) < 4.78 is 25.7. The van der Waals surface area contributed by atoms with Crippen LogP contribution in [0.2, 0.25) is 0 Å². The number of aromatic nitrogens is 4. The predicted molar refractivity (Wildman–Crippen MR) is 165 cm³/mol. The molecule has 5 aromatic rings. The van der Waals surface area contributed by atoms with Crippen molar-refractivity contribution in [2.75, 3.05) is 12.3 Å². The molecule has 1 aliphatic heterocycles. The lowest BCUT2D eigenvalue weighted by atomic mass is 9.95. The predicted octanol–water partition coefficient (Wildman–Crippen LogP) is 4.95. The van der Waals surface area contributed by atoms with Gasteiger partial charge in [-0.3, -0.25) is 4.57 Å². The van der Waals surface area contributed by atoms with E-state index in [1.165, 1.54) is 17.8 Å². The zero-order valence-corrected chi connectivity index (χ0v) is 24.7. The van der Waals surface area contributed by atoms with Crippen LogP contribution in [0.1, 0.15) is 44.2 Å². The molecule has 0 saturated carbocycles. The van der Waals surface area contributed by atoms with Gasteiger partial charge in [0.25, 0.3) is 0 Å². The monoisotopic (exact) mass is 634 g/mol. The summed E-state index contributed by atoms with van der Waals surface area (Å²) in [7, 11) is 0. The molecule has 15 heteroatoms. The van der Waals surface area contributed by atoms with Crippen molar-refractivity contribution in [3.8, 4) is 0 Å². The molecule has 1 saturated heterocycles. The lowest BCUT2D eigenvalue weighted by Gasteiger charge is -2.34. The quantitative estimate of drug-likeness (QED) is 0.0754. The summed E-state index contributed by atoms with van der Waals surface area (Å²) in [5.41, 5.74) is 14.4. The summed E-state index contributed by atoms with van der Waals surface area (Å²) in [5, 5.41) is 11.2. The average molecular weight is 635 g/mol. The number of nitrogens with two attached hydrogens (primary N) is 1. The number of ether oxygens (including phenoxy) is 4. The Balaban J connectivity index is 1.45. The molecule has 236 valence electrons. The zero-order valence-electron chi connectivity index (χ0n) is 24.7. The van der Waals surface area contributed by atoms with Crippen LogP contribution in [-0.2, 0) is 18.9 Å². The summed E-state index contributed by atoms with van der Waals surface area (Å²) in [6, 6.07) is 24.7. The fraction of sp³-hybridized carbons (Fsp3) is 0.188. The van der Waals surface area contributed by atoms with Crippen LogP contribution in [-0.4, -0.2) is 62.1 Å². The number of benzene rings is 3. The molecule has 0 spiro atoms. The normalized spacial score (nSPS) is 20.2. The van der Waals surface area contributed by atoms with E-state index in [4.69, 9.17) is 30.2 Å². The van der Waals surface area contributed by atoms with Crippen LogP contribution in [0.4, 0.5) is 11.6 Å². The molecule has 0 radical (unpaired) electrons. The maximum absolute atomic E-state index is 13.6. The Morgan fingerprint density at radius 1 is 0.915 bits per heavy atom. The number of nitrogen functional groups attached to an aromatic ring is 1. The van der Waals surface area contributed by atoms with Crippen molar-refractivity contribution in [3.05, 3.63) is 124 Å². The largest absolute Gasteiger partial charge is 0.459 e. The number of fused-ring (bicyclic) bond motifs is 1. The Morgan fingerprint density at radius 2 is 1.49 bits per heavy atom. The Bertz CT molecular complexity index is 1980. The van der Waals surface area contributed by atoms with Crippen LogP contribution >= 0.6 is 0 Å². The van der Waals surface area contributed by atoms with E-state index in [1.54, 1.807) is 91.0 Å². The van der Waals surface area contributed by atoms with Gasteiger partial charge in [-0.05, 0) is 54.0 Å². The third kappa shape index (κ3) is 6.03. The molecule has 1 aliphatic rings. The molecular weight excluding hydrogens is 608 g/mol. The van der Waals surface area contributed by atoms with Gasteiger partial charge in [-0.15, -0.1) is 10.2 Å². The number of hydrogen-bond donors (Lipinski definition) is 1. The van der Waals surface area contributed by atoms with E-state index in [2.05, 4.69) is 25.2 Å². The van der Waals surface area contributed by atoms with E-state index >= 15 is 0 Å². The highest BCUT2D eigenvalue weighted by Crippen LogP contribution is 2.46. The average Bonchev–Trinajstić information content (AvgIpc) is 3.65. The minimum Gasteiger partial charge on any atom is -0.459 e. The molecular formula is C32H26N8O7. The van der Waals surface area contributed by atoms with Crippen molar-refractivity contribution in [2.24, 2.45) is 5.11 Å². The molecule has 3 heterocycles. The van der Waals surface area contributed by atoms with Crippen molar-refractivity contribution in [1.82, 2.24) is 19.7 Å². The summed E-state index contributed by atoms with van der Waals surface area (Å²) in [6.07, 6.45) is -2.49. The second kappa shape index (κ2) is 13.0. The van der Waals surface area contributed by atoms with Crippen molar-refractivity contribution < 1.29 is 33.3 Å². The molecule has 6 rings (SSSR count). The van der Waals surface area contributed by atoms with Crippen molar-refractivity contribution >= 4 is 40.6 Å². The summed E-state index contributed by atoms with van der Waals surface area (Å²) >= 11 is 0. The highest BCUT2D eigenvalue weighted by Gasteiger charge is 2.60. The first-order valence-electron chi connectivity index (χ1n) is 14.3. The molecule has 15 nitrogen and oxygen atoms in total. The molecule has 47 heavy (non-hydrogen) atoms. The van der Waals surface area contributed by atoms with Crippen LogP contribution in [0.5, 0.6) is 0 Å². The zero-order chi connectivity index (χ0) is 33.0. The van der Waals surface area contributed by atoms with Crippen molar-refractivity contribution in [2.45, 2.75) is 31.0 Å². The SMILES string of the molecule is C[C@@]1(OC(=O)c2ccccc2)[C@H](OC(=O)c2ccccc2)[C@@H](COC(=O)c2ccccc2)O[C@H]1n1cnc2c(N=[N+]=[N-])nnc(N)c21. The van der Waals surface area contributed by atoms with Gasteiger partial charge in [0.15, 0.2) is 29.6 Å². The van der Waals surface area contributed by atoms with E-state index in [0.717, 1.165) is 0 Å². The van der Waals surface area contributed by atoms with Crippen LogP contribution in [0.25, 0.3) is 21.5 Å². The van der Waals surface area contributed by atoms with Crippen LogP contribution in [0.3, 0.4) is 0 Å². The summed E-state index contributed by atoms with van der Waals surface area (Å²) in [4.78, 5) is 47.2. The Hall–Kier alpha value is -6.31. The van der Waals surface area contributed by atoms with Crippen LogP contribution < -0.4 is 5.73 Å². The molecule has 0 unspecified atom stereocenters. The van der Waals surface area contributed by atoms with Crippen LogP contribution in [0.15, 0.2) is 102 Å². The number of carbonyl (C=O) groups is 3. The van der Waals surface area contributed by atoms with E-state index in [1.807, 2.05) is 0 Å². The summed E-state index contributed by atoms with van der Waals surface area (Å²) in [5.74, 6) is -2.41. The molecule has 3 aromatic carbocycles. The van der Waals surface area contributed by atoms with E-state index in [-0.39, 0.29) is 39.4 Å². The molecule has 0 amide bonds. The lowest BCUT2D eigenvalue weighted by Crippen LogP contribution is -2.50. The van der Waals surface area contributed by atoms with E-state index in [0.29, 0.717) is 0 Å². The smallest absolute Gasteiger partial charge is 0.338 e. The Kier molecular flexibility index (Phi) is 8.47. The number of anilines is 1. The lowest BCUT2D eigenvalue weighted by molar-refractivity contribution is -0.108. The number of carbonyl (C=O) groups excluding carboxylic acids is 3. The van der Waals surface area contributed by atoms with Gasteiger partial charge in [0.1, 0.15) is 23.7 Å². The van der Waals surface area contributed by atoms with Gasteiger partial charge in [-0.2, -0.15) is 0 Å². The van der Waals surface area contributed by atoms with Crippen molar-refractivity contribution in [3.63, 3.8) is 0 Å². The van der Waals surface area contributed by atoms with Crippen LogP contribution in [0, 0.1) is 0 Å². The maximum atomic E-state index is 13.6. The van der Waals surface area contributed by atoms with Gasteiger partial charge in [0, 0.05) is 4.91 Å². The third-order valence-electron chi connectivity index (χ3n) is 7.54. The number of rotatable bonds is 9. The topological polar surface area (TPSA) is 207 Å². The number of nitrogens with zero attached hydrogens (tertiary/aromatic N) is 7. The molecule has 2 N–H and O–H groups in total. The summed E-state index contributed by atoms with van der Waals surface area (Å²) in [6.45, 7) is 1.12. The second-order valence-corrected chi connectivity index (χ2v) is 10.6.